The molecule has 0 atom stereocenters. The van der Waals surface area contributed by atoms with Gasteiger partial charge < -0.3 is 19.0 Å². The maximum Gasteiger partial charge on any atom is 0.129 e. The summed E-state index contributed by atoms with van der Waals surface area (Å²) in [5, 5.41) is 10.1. The second-order valence-electron chi connectivity index (χ2n) is 7.26. The molecule has 0 spiro atoms. The fourth-order valence-corrected chi connectivity index (χ4v) is 3.74. The first-order valence-corrected chi connectivity index (χ1v) is 9.19. The molecule has 2 aromatic rings. The summed E-state index contributed by atoms with van der Waals surface area (Å²) < 4.78 is 16.2. The Morgan fingerprint density at radius 2 is 1.88 bits per heavy atom. The zero-order valence-corrected chi connectivity index (χ0v) is 15.7. The lowest BCUT2D eigenvalue weighted by Crippen LogP contribution is -2.42. The van der Waals surface area contributed by atoms with Crippen LogP contribution in [-0.2, 0) is 24.3 Å². The van der Waals surface area contributed by atoms with Crippen molar-refractivity contribution in [1.82, 2.24) is 4.90 Å². The second kappa shape index (κ2) is 8.71. The van der Waals surface area contributed by atoms with Crippen LogP contribution in [0.4, 0.5) is 0 Å². The summed E-state index contributed by atoms with van der Waals surface area (Å²) in [6.45, 7) is 3.46. The van der Waals surface area contributed by atoms with Gasteiger partial charge in [0.25, 0.3) is 0 Å². The Balaban J connectivity index is 1.57. The lowest BCUT2D eigenvalue weighted by Gasteiger charge is -2.40. The van der Waals surface area contributed by atoms with Gasteiger partial charge in [-0.2, -0.15) is 0 Å². The first-order valence-electron chi connectivity index (χ1n) is 9.19. The number of hydrogen-bond acceptors (Lipinski definition) is 5. The zero-order valence-electron chi connectivity index (χ0n) is 15.7. The monoisotopic (exact) mass is 359 g/mol. The van der Waals surface area contributed by atoms with Gasteiger partial charge >= 0.3 is 0 Å². The van der Waals surface area contributed by atoms with Gasteiger partial charge in [-0.25, -0.2) is 0 Å². The maximum absolute atomic E-state index is 10.1. The van der Waals surface area contributed by atoms with Crippen LogP contribution >= 0.6 is 0 Å². The normalized spacial score (nSPS) is 17.3. The highest BCUT2D eigenvalue weighted by Gasteiger charge is 2.34. The number of furan rings is 1. The summed E-state index contributed by atoms with van der Waals surface area (Å²) in [6.07, 6.45) is 2.84. The van der Waals surface area contributed by atoms with Crippen LogP contribution in [0.25, 0.3) is 0 Å². The lowest BCUT2D eigenvalue weighted by atomic mass is 9.74. The molecular weight excluding hydrogens is 330 g/mol. The zero-order chi connectivity index (χ0) is 18.4. The molecule has 1 aliphatic rings. The topological polar surface area (TPSA) is 55.1 Å². The molecule has 1 saturated heterocycles. The predicted molar refractivity (Wildman–Crippen MR) is 100 cm³/mol. The number of piperidine rings is 1. The Labute approximate surface area is 155 Å². The SMILES string of the molecule is COCc1ccc(CN2CCC(CO)(Cc3cccc(OC)c3)CC2)o1. The van der Waals surface area contributed by atoms with E-state index in [0.29, 0.717) is 6.61 Å². The number of methoxy groups -OCH3 is 2. The molecule has 26 heavy (non-hydrogen) atoms. The molecule has 0 aliphatic carbocycles. The highest BCUT2D eigenvalue weighted by atomic mass is 16.5. The third-order valence-corrected chi connectivity index (χ3v) is 5.35. The fourth-order valence-electron chi connectivity index (χ4n) is 3.74. The summed E-state index contributed by atoms with van der Waals surface area (Å²) in [4.78, 5) is 2.40. The first-order chi connectivity index (χ1) is 12.7. The average Bonchev–Trinajstić information content (AvgIpc) is 3.11. The number of nitrogens with zero attached hydrogens (tertiary/aromatic N) is 1. The van der Waals surface area contributed by atoms with Crippen LogP contribution in [0.2, 0.25) is 0 Å². The molecule has 142 valence electrons. The highest BCUT2D eigenvalue weighted by Crippen LogP contribution is 2.36. The number of aliphatic hydroxyl groups is 1. The molecule has 0 radical (unpaired) electrons. The summed E-state index contributed by atoms with van der Waals surface area (Å²) in [5.41, 5.74) is 1.18. The van der Waals surface area contributed by atoms with Crippen LogP contribution in [0.3, 0.4) is 0 Å². The maximum atomic E-state index is 10.1. The molecule has 5 heteroatoms. The standard InChI is InChI=1S/C21H29NO4/c1-24-15-20-7-6-19(26-20)14-22-10-8-21(16-23,9-11-22)13-17-4-3-5-18(12-17)25-2/h3-7,12,23H,8-11,13-16H2,1-2H3. The van der Waals surface area contributed by atoms with Crippen LogP contribution in [0, 0.1) is 5.41 Å². The summed E-state index contributed by atoms with van der Waals surface area (Å²) in [7, 11) is 3.36. The van der Waals surface area contributed by atoms with E-state index in [1.165, 1.54) is 5.56 Å². The van der Waals surface area contributed by atoms with Crippen molar-refractivity contribution in [3.8, 4) is 5.75 Å². The van der Waals surface area contributed by atoms with Crippen LogP contribution in [0.15, 0.2) is 40.8 Å². The van der Waals surface area contributed by atoms with Crippen LogP contribution < -0.4 is 4.74 Å². The number of likely N-dealkylation sites (tertiary alicyclic amines) is 1. The van der Waals surface area contributed by atoms with E-state index in [9.17, 15) is 5.11 Å². The largest absolute Gasteiger partial charge is 0.497 e. The third kappa shape index (κ3) is 4.67. The molecule has 0 saturated carbocycles. The second-order valence-corrected chi connectivity index (χ2v) is 7.26. The van der Waals surface area contributed by atoms with Crippen molar-refractivity contribution in [3.05, 3.63) is 53.5 Å². The molecule has 2 heterocycles. The quantitative estimate of drug-likeness (QED) is 0.784. The van der Waals surface area contributed by atoms with E-state index in [1.807, 2.05) is 24.3 Å². The molecule has 0 amide bonds. The van der Waals surface area contributed by atoms with Crippen molar-refractivity contribution in [1.29, 1.82) is 0 Å². The third-order valence-electron chi connectivity index (χ3n) is 5.35. The molecule has 1 aromatic heterocycles. The molecule has 1 fully saturated rings. The van der Waals surface area contributed by atoms with Crippen LogP contribution in [0.1, 0.15) is 29.9 Å². The van der Waals surface area contributed by atoms with Gasteiger partial charge in [-0.15, -0.1) is 0 Å². The molecule has 1 N–H and O–H groups in total. The van der Waals surface area contributed by atoms with E-state index in [0.717, 1.165) is 56.2 Å². The highest BCUT2D eigenvalue weighted by molar-refractivity contribution is 5.29. The van der Waals surface area contributed by atoms with Crippen molar-refractivity contribution < 1.29 is 19.0 Å². The van der Waals surface area contributed by atoms with Gasteiger partial charge in [0.05, 0.1) is 13.7 Å². The minimum absolute atomic E-state index is 0.0484. The number of benzene rings is 1. The van der Waals surface area contributed by atoms with Crippen molar-refractivity contribution in [3.63, 3.8) is 0 Å². The van der Waals surface area contributed by atoms with E-state index in [1.54, 1.807) is 14.2 Å². The molecule has 0 bridgehead atoms. The molecule has 1 aromatic carbocycles. The van der Waals surface area contributed by atoms with Crippen molar-refractivity contribution in [2.75, 3.05) is 33.9 Å². The molecule has 0 unspecified atom stereocenters. The number of ether oxygens (including phenoxy) is 2. The van der Waals surface area contributed by atoms with Crippen molar-refractivity contribution >= 4 is 0 Å². The molecular formula is C21H29NO4. The van der Waals surface area contributed by atoms with E-state index >= 15 is 0 Å². The predicted octanol–water partition coefficient (Wildman–Crippen LogP) is 3.25. The van der Waals surface area contributed by atoms with Gasteiger partial charge in [0.2, 0.25) is 0 Å². The van der Waals surface area contributed by atoms with Crippen LogP contribution in [-0.4, -0.2) is 43.9 Å². The fraction of sp³-hybridized carbons (Fsp3) is 0.524. The van der Waals surface area contributed by atoms with Gasteiger partial charge in [0.1, 0.15) is 23.9 Å². The Hall–Kier alpha value is -1.82. The van der Waals surface area contributed by atoms with Crippen LogP contribution in [0.5, 0.6) is 5.75 Å². The Morgan fingerprint density at radius 3 is 2.58 bits per heavy atom. The minimum atomic E-state index is -0.0484. The van der Waals surface area contributed by atoms with E-state index in [4.69, 9.17) is 13.9 Å². The Kier molecular flexibility index (Phi) is 6.35. The van der Waals surface area contributed by atoms with Crippen molar-refractivity contribution in [2.24, 2.45) is 5.41 Å². The lowest BCUT2D eigenvalue weighted by molar-refractivity contribution is 0.0386. The van der Waals surface area contributed by atoms with Gasteiger partial charge in [-0.05, 0) is 67.6 Å². The Bertz CT molecular complexity index is 689. The number of aliphatic hydroxyl groups excluding tert-OH is 1. The summed E-state index contributed by atoms with van der Waals surface area (Å²) in [5.74, 6) is 2.71. The van der Waals surface area contributed by atoms with E-state index in [-0.39, 0.29) is 12.0 Å². The minimum Gasteiger partial charge on any atom is -0.497 e. The molecule has 5 nitrogen and oxygen atoms in total. The Morgan fingerprint density at radius 1 is 1.12 bits per heavy atom. The summed E-state index contributed by atoms with van der Waals surface area (Å²) in [6, 6.07) is 12.2. The van der Waals surface area contributed by atoms with Gasteiger partial charge in [0, 0.05) is 13.7 Å². The summed E-state index contributed by atoms with van der Waals surface area (Å²) >= 11 is 0. The van der Waals surface area contributed by atoms with E-state index < -0.39 is 0 Å². The van der Waals surface area contributed by atoms with Gasteiger partial charge in [-0.1, -0.05) is 12.1 Å². The number of rotatable bonds is 8. The molecule has 3 rings (SSSR count). The van der Waals surface area contributed by atoms with Gasteiger partial charge in [0.15, 0.2) is 0 Å². The smallest absolute Gasteiger partial charge is 0.129 e. The van der Waals surface area contributed by atoms with Crippen molar-refractivity contribution in [2.45, 2.75) is 32.4 Å². The molecule has 1 aliphatic heterocycles. The average molecular weight is 359 g/mol. The number of hydrogen-bond donors (Lipinski definition) is 1. The van der Waals surface area contributed by atoms with E-state index in [2.05, 4.69) is 17.0 Å². The van der Waals surface area contributed by atoms with Gasteiger partial charge in [-0.3, -0.25) is 4.90 Å². The first kappa shape index (κ1) is 19.0.